The maximum Gasteiger partial charge on any atom is 0.0741 e. The number of pyridine rings is 1. The van der Waals surface area contributed by atoms with Crippen molar-refractivity contribution in [2.75, 3.05) is 44.6 Å². The summed E-state index contributed by atoms with van der Waals surface area (Å²) in [4.78, 5) is 10.3. The number of hydrogen-bond acceptors (Lipinski definition) is 4. The zero-order valence-electron chi connectivity index (χ0n) is 23.5. The molecule has 1 aromatic heterocycles. The van der Waals surface area contributed by atoms with Crippen molar-refractivity contribution in [1.82, 2.24) is 14.8 Å². The number of nitrogens with zero attached hydrogens (tertiary/aromatic N) is 3. The number of rotatable bonds is 10. The zero-order valence-corrected chi connectivity index (χ0v) is 24.3. The number of nitrogens with one attached hydrogen (secondary N) is 1. The standard InChI is InChI=1S/C35H41ClN4/c36-29-18-19-31-33(26-29)38-32-17-9-8-16-30(32)34(31)37-20-10-3-11-21-39-22-24-40(25-23-39)35(27-12-4-1-5-13-27)28-14-6-2-7-15-28/h1-2,4-7,12-15,18-19,26,35H,3,8-11,16-17,20-25H2,(H,37,38). The van der Waals surface area contributed by atoms with Gasteiger partial charge in [-0.1, -0.05) is 78.7 Å². The highest BCUT2D eigenvalue weighted by Gasteiger charge is 2.26. The molecule has 0 radical (unpaired) electrons. The lowest BCUT2D eigenvalue weighted by Gasteiger charge is -2.40. The highest BCUT2D eigenvalue weighted by Crippen LogP contribution is 2.34. The van der Waals surface area contributed by atoms with Crippen molar-refractivity contribution in [2.45, 2.75) is 51.0 Å². The Bertz CT molecular complexity index is 1340. The summed E-state index contributed by atoms with van der Waals surface area (Å²) >= 11 is 6.29. The first-order chi connectivity index (χ1) is 19.8. The molecule has 1 N–H and O–H groups in total. The SMILES string of the molecule is Clc1ccc2c(NCCCCCN3CCN(C(c4ccccc4)c4ccccc4)CC3)c3c(nc2c1)CCCC3. The van der Waals surface area contributed by atoms with Crippen molar-refractivity contribution in [2.24, 2.45) is 0 Å². The first-order valence-electron chi connectivity index (χ1n) is 15.2. The predicted octanol–water partition coefficient (Wildman–Crippen LogP) is 7.76. The van der Waals surface area contributed by atoms with E-state index >= 15 is 0 Å². The van der Waals surface area contributed by atoms with Crippen LogP contribution in [0.15, 0.2) is 78.9 Å². The molecule has 4 aromatic rings. The normalized spacial score (nSPS) is 16.4. The third-order valence-electron chi connectivity index (χ3n) is 8.68. The number of piperazine rings is 1. The van der Waals surface area contributed by atoms with Crippen LogP contribution in [0.5, 0.6) is 0 Å². The van der Waals surface area contributed by atoms with E-state index in [1.54, 1.807) is 0 Å². The van der Waals surface area contributed by atoms with Gasteiger partial charge in [-0.3, -0.25) is 9.88 Å². The van der Waals surface area contributed by atoms with E-state index in [9.17, 15) is 0 Å². The minimum Gasteiger partial charge on any atom is -0.384 e. The maximum atomic E-state index is 6.29. The van der Waals surface area contributed by atoms with Crippen LogP contribution in [0.2, 0.25) is 5.02 Å². The Morgan fingerprint density at radius 3 is 2.20 bits per heavy atom. The first kappa shape index (κ1) is 27.3. The van der Waals surface area contributed by atoms with Crippen LogP contribution in [-0.2, 0) is 12.8 Å². The van der Waals surface area contributed by atoms with Crippen molar-refractivity contribution < 1.29 is 0 Å². The van der Waals surface area contributed by atoms with E-state index < -0.39 is 0 Å². The molecule has 2 heterocycles. The topological polar surface area (TPSA) is 31.4 Å². The maximum absolute atomic E-state index is 6.29. The van der Waals surface area contributed by atoms with Gasteiger partial charge >= 0.3 is 0 Å². The fraction of sp³-hybridized carbons (Fsp3) is 0.400. The van der Waals surface area contributed by atoms with E-state index in [1.807, 2.05) is 12.1 Å². The molecule has 4 nitrogen and oxygen atoms in total. The van der Waals surface area contributed by atoms with Gasteiger partial charge in [0.15, 0.2) is 0 Å². The summed E-state index contributed by atoms with van der Waals surface area (Å²) in [5.41, 5.74) is 7.81. The number of halogens is 1. The second-order valence-electron chi connectivity index (χ2n) is 11.4. The van der Waals surface area contributed by atoms with Crippen molar-refractivity contribution in [3.05, 3.63) is 106 Å². The molecular weight excluding hydrogens is 512 g/mol. The molecule has 40 heavy (non-hydrogen) atoms. The van der Waals surface area contributed by atoms with Crippen LogP contribution in [0, 0.1) is 0 Å². The van der Waals surface area contributed by atoms with Gasteiger partial charge in [0.25, 0.3) is 0 Å². The van der Waals surface area contributed by atoms with Gasteiger partial charge < -0.3 is 10.2 Å². The third-order valence-corrected chi connectivity index (χ3v) is 8.92. The molecule has 1 aliphatic heterocycles. The van der Waals surface area contributed by atoms with Gasteiger partial charge in [-0.2, -0.15) is 0 Å². The van der Waals surface area contributed by atoms with Gasteiger partial charge in [-0.25, -0.2) is 0 Å². The molecule has 6 rings (SSSR count). The van der Waals surface area contributed by atoms with Crippen molar-refractivity contribution in [3.63, 3.8) is 0 Å². The molecule has 5 heteroatoms. The lowest BCUT2D eigenvalue weighted by Crippen LogP contribution is -2.48. The molecule has 208 valence electrons. The third kappa shape index (κ3) is 6.35. The number of aryl methyl sites for hydroxylation is 1. The van der Waals surface area contributed by atoms with Gasteiger partial charge in [0.1, 0.15) is 0 Å². The summed E-state index contributed by atoms with van der Waals surface area (Å²) in [7, 11) is 0. The summed E-state index contributed by atoms with van der Waals surface area (Å²) in [6.07, 6.45) is 8.40. The summed E-state index contributed by atoms with van der Waals surface area (Å²) in [5.74, 6) is 0. The number of benzene rings is 3. The lowest BCUT2D eigenvalue weighted by atomic mass is 9.92. The van der Waals surface area contributed by atoms with Gasteiger partial charge in [0.2, 0.25) is 0 Å². The largest absolute Gasteiger partial charge is 0.384 e. The van der Waals surface area contributed by atoms with Gasteiger partial charge in [0, 0.05) is 54.5 Å². The fourth-order valence-corrected chi connectivity index (χ4v) is 6.75. The van der Waals surface area contributed by atoms with Crippen molar-refractivity contribution >= 4 is 28.2 Å². The number of anilines is 1. The molecule has 3 aromatic carbocycles. The van der Waals surface area contributed by atoms with E-state index in [2.05, 4.69) is 81.8 Å². The second-order valence-corrected chi connectivity index (χ2v) is 11.8. The highest BCUT2D eigenvalue weighted by molar-refractivity contribution is 6.31. The fourth-order valence-electron chi connectivity index (χ4n) is 6.58. The smallest absolute Gasteiger partial charge is 0.0741 e. The van der Waals surface area contributed by atoms with Crippen LogP contribution in [0.25, 0.3) is 10.9 Å². The molecule has 0 amide bonds. The molecule has 0 bridgehead atoms. The van der Waals surface area contributed by atoms with Crippen molar-refractivity contribution in [1.29, 1.82) is 0 Å². The Labute approximate surface area is 244 Å². The minimum atomic E-state index is 0.335. The minimum absolute atomic E-state index is 0.335. The number of hydrogen-bond donors (Lipinski definition) is 1. The van der Waals surface area contributed by atoms with Crippen LogP contribution in [0.1, 0.15) is 60.5 Å². The van der Waals surface area contributed by atoms with Crippen LogP contribution in [0.3, 0.4) is 0 Å². The van der Waals surface area contributed by atoms with E-state index in [-0.39, 0.29) is 0 Å². The monoisotopic (exact) mass is 552 g/mol. The number of fused-ring (bicyclic) bond motifs is 2. The van der Waals surface area contributed by atoms with Crippen LogP contribution >= 0.6 is 11.6 Å². The average Bonchev–Trinajstić information content (AvgIpc) is 3.00. The first-order valence-corrected chi connectivity index (χ1v) is 15.6. The Morgan fingerprint density at radius 2 is 1.48 bits per heavy atom. The number of unbranched alkanes of at least 4 members (excludes halogenated alkanes) is 2. The van der Waals surface area contributed by atoms with Gasteiger partial charge in [0.05, 0.1) is 11.6 Å². The van der Waals surface area contributed by atoms with Crippen LogP contribution < -0.4 is 5.32 Å². The van der Waals surface area contributed by atoms with E-state index in [0.717, 1.165) is 56.1 Å². The van der Waals surface area contributed by atoms with Crippen LogP contribution in [-0.4, -0.2) is 54.1 Å². The average molecular weight is 553 g/mol. The molecular formula is C35H41ClN4. The molecule has 0 spiro atoms. The molecule has 0 unspecified atom stereocenters. The quantitative estimate of drug-likeness (QED) is 0.204. The van der Waals surface area contributed by atoms with E-state index in [0.29, 0.717) is 6.04 Å². The molecule has 1 aliphatic carbocycles. The molecule has 0 saturated carbocycles. The Kier molecular flexibility index (Phi) is 8.97. The summed E-state index contributed by atoms with van der Waals surface area (Å²) in [5, 5.41) is 5.80. The number of aromatic nitrogens is 1. The molecule has 0 atom stereocenters. The van der Waals surface area contributed by atoms with Gasteiger partial charge in [-0.05, 0) is 80.0 Å². The Hall–Kier alpha value is -2.92. The predicted molar refractivity (Wildman–Crippen MR) is 168 cm³/mol. The van der Waals surface area contributed by atoms with E-state index in [4.69, 9.17) is 16.6 Å². The molecule has 1 fully saturated rings. The van der Waals surface area contributed by atoms with E-state index in [1.165, 1.54) is 72.1 Å². The lowest BCUT2D eigenvalue weighted by molar-refractivity contribution is 0.108. The highest BCUT2D eigenvalue weighted by atomic mass is 35.5. The van der Waals surface area contributed by atoms with Crippen molar-refractivity contribution in [3.8, 4) is 0 Å². The summed E-state index contributed by atoms with van der Waals surface area (Å²) in [6, 6.07) is 28.5. The summed E-state index contributed by atoms with van der Waals surface area (Å²) < 4.78 is 0. The molecule has 2 aliphatic rings. The molecule has 1 saturated heterocycles. The Balaban J connectivity index is 0.984. The second kappa shape index (κ2) is 13.2. The van der Waals surface area contributed by atoms with Gasteiger partial charge in [-0.15, -0.1) is 0 Å². The van der Waals surface area contributed by atoms with Crippen LogP contribution in [0.4, 0.5) is 5.69 Å². The summed E-state index contributed by atoms with van der Waals surface area (Å²) in [6.45, 7) is 6.72. The zero-order chi connectivity index (χ0) is 27.1. The Morgan fingerprint density at radius 1 is 0.775 bits per heavy atom.